The molecule has 1 fully saturated rings. The molecule has 6 heteroatoms. The highest BCUT2D eigenvalue weighted by atomic mass is 79.9. The van der Waals surface area contributed by atoms with Gasteiger partial charge in [-0.3, -0.25) is 10.1 Å². The van der Waals surface area contributed by atoms with Crippen molar-refractivity contribution in [2.45, 2.75) is 32.3 Å². The number of rotatable bonds is 6. The maximum absolute atomic E-state index is 11.1. The second-order valence-corrected chi connectivity index (χ2v) is 5.77. The summed E-state index contributed by atoms with van der Waals surface area (Å²) in [4.78, 5) is 10.6. The first kappa shape index (κ1) is 14.3. The molecule has 1 aliphatic rings. The largest absolute Gasteiger partial charge is 0.487 e. The summed E-state index contributed by atoms with van der Waals surface area (Å²) in [6.07, 6.45) is 2.53. The van der Waals surface area contributed by atoms with Crippen LogP contribution >= 0.6 is 15.9 Å². The van der Waals surface area contributed by atoms with Crippen molar-refractivity contribution in [1.82, 2.24) is 0 Å². The van der Waals surface area contributed by atoms with Crippen LogP contribution in [0.2, 0.25) is 0 Å². The Kier molecular flexibility index (Phi) is 4.42. The van der Waals surface area contributed by atoms with E-state index in [4.69, 9.17) is 4.74 Å². The number of benzene rings is 1. The second kappa shape index (κ2) is 5.88. The fourth-order valence-corrected chi connectivity index (χ4v) is 2.40. The fourth-order valence-electron chi connectivity index (χ4n) is 1.94. The van der Waals surface area contributed by atoms with Gasteiger partial charge in [0.25, 0.3) is 0 Å². The second-order valence-electron chi connectivity index (χ2n) is 4.86. The Morgan fingerprint density at radius 3 is 2.79 bits per heavy atom. The van der Waals surface area contributed by atoms with Gasteiger partial charge in [0.2, 0.25) is 5.75 Å². The van der Waals surface area contributed by atoms with Crippen molar-refractivity contribution < 1.29 is 14.8 Å². The van der Waals surface area contributed by atoms with Crippen molar-refractivity contribution >= 4 is 21.6 Å². The first-order chi connectivity index (χ1) is 8.99. The Labute approximate surface area is 119 Å². The molecule has 2 rings (SSSR count). The van der Waals surface area contributed by atoms with Crippen LogP contribution < -0.4 is 4.74 Å². The molecule has 0 amide bonds. The molecule has 0 aliphatic heterocycles. The van der Waals surface area contributed by atoms with E-state index in [0.717, 1.165) is 6.42 Å². The van der Waals surface area contributed by atoms with Gasteiger partial charge in [0.1, 0.15) is 0 Å². The third-order valence-electron chi connectivity index (χ3n) is 3.18. The third-order valence-corrected chi connectivity index (χ3v) is 3.64. The number of halogens is 1. The van der Waals surface area contributed by atoms with E-state index in [1.165, 1.54) is 18.9 Å². The minimum absolute atomic E-state index is 0.110. The number of hydrogen-bond acceptors (Lipinski definition) is 4. The van der Waals surface area contributed by atoms with E-state index in [9.17, 15) is 15.2 Å². The van der Waals surface area contributed by atoms with Gasteiger partial charge >= 0.3 is 5.69 Å². The van der Waals surface area contributed by atoms with E-state index >= 15 is 0 Å². The molecule has 0 saturated heterocycles. The molecule has 1 N–H and O–H groups in total. The van der Waals surface area contributed by atoms with E-state index < -0.39 is 11.0 Å². The summed E-state index contributed by atoms with van der Waals surface area (Å²) >= 11 is 3.21. The zero-order valence-corrected chi connectivity index (χ0v) is 12.2. The van der Waals surface area contributed by atoms with Crippen molar-refractivity contribution in [3.05, 3.63) is 32.3 Å². The number of nitrogens with zero attached hydrogens (tertiary/aromatic N) is 1. The predicted molar refractivity (Wildman–Crippen MR) is 74.3 cm³/mol. The van der Waals surface area contributed by atoms with Crippen LogP contribution in [-0.2, 0) is 0 Å². The highest BCUT2D eigenvalue weighted by molar-refractivity contribution is 9.10. The van der Waals surface area contributed by atoms with Gasteiger partial charge in [0.15, 0.2) is 0 Å². The number of ether oxygens (including phenoxy) is 1. The highest BCUT2D eigenvalue weighted by Gasteiger charge is 2.25. The van der Waals surface area contributed by atoms with Gasteiger partial charge < -0.3 is 9.84 Å². The first-order valence-electron chi connectivity index (χ1n) is 6.27. The van der Waals surface area contributed by atoms with Crippen LogP contribution in [-0.4, -0.2) is 16.6 Å². The molecule has 1 aromatic rings. The summed E-state index contributed by atoms with van der Waals surface area (Å²) in [6, 6.07) is 3.06. The Bertz CT molecular complexity index is 486. The third kappa shape index (κ3) is 3.67. The molecule has 0 heterocycles. The van der Waals surface area contributed by atoms with E-state index in [0.29, 0.717) is 22.6 Å². The van der Waals surface area contributed by atoms with E-state index in [1.54, 1.807) is 13.0 Å². The van der Waals surface area contributed by atoms with Crippen LogP contribution in [0.25, 0.3) is 0 Å². The number of nitro groups is 1. The molecule has 1 aliphatic carbocycles. The summed E-state index contributed by atoms with van der Waals surface area (Å²) in [5.41, 5.74) is 0.331. The van der Waals surface area contributed by atoms with E-state index in [-0.39, 0.29) is 11.4 Å². The average molecular weight is 330 g/mol. The quantitative estimate of drug-likeness (QED) is 0.639. The highest BCUT2D eigenvalue weighted by Crippen LogP contribution is 2.39. The molecule has 0 bridgehead atoms. The zero-order valence-electron chi connectivity index (χ0n) is 10.6. The maximum Gasteiger partial charge on any atom is 0.312 e. The van der Waals surface area contributed by atoms with Gasteiger partial charge in [-0.1, -0.05) is 28.8 Å². The molecule has 1 aromatic carbocycles. The standard InChI is InChI=1S/C13H16BrNO4/c1-8(16)11-6-10(14)7-12(15(17)18)13(11)19-5-4-9-2-3-9/h6-9,16H,2-5H2,1H3/t8-/m0/s1. The number of nitro benzene ring substituents is 1. The van der Waals surface area contributed by atoms with Crippen LogP contribution in [0.15, 0.2) is 16.6 Å². The molecule has 5 nitrogen and oxygen atoms in total. The molecule has 0 spiro atoms. The SMILES string of the molecule is C[C@H](O)c1cc(Br)cc([N+](=O)[O-])c1OCCC1CC1. The predicted octanol–water partition coefficient (Wildman–Crippen LogP) is 3.59. The van der Waals surface area contributed by atoms with Gasteiger partial charge in [-0.2, -0.15) is 0 Å². The lowest BCUT2D eigenvalue weighted by molar-refractivity contribution is -0.386. The molecule has 1 saturated carbocycles. The van der Waals surface area contributed by atoms with Crippen LogP contribution in [0.4, 0.5) is 5.69 Å². The Morgan fingerprint density at radius 1 is 1.58 bits per heavy atom. The van der Waals surface area contributed by atoms with E-state index in [2.05, 4.69) is 15.9 Å². The van der Waals surface area contributed by atoms with Crippen LogP contribution in [0, 0.1) is 16.0 Å². The summed E-state index contributed by atoms with van der Waals surface area (Å²) in [5.74, 6) is 0.883. The number of aliphatic hydroxyl groups excluding tert-OH is 1. The van der Waals surface area contributed by atoms with Gasteiger partial charge in [0, 0.05) is 16.1 Å². The fraction of sp³-hybridized carbons (Fsp3) is 0.538. The van der Waals surface area contributed by atoms with Crippen molar-refractivity contribution in [3.63, 3.8) is 0 Å². The van der Waals surface area contributed by atoms with Gasteiger partial charge in [-0.05, 0) is 25.3 Å². The van der Waals surface area contributed by atoms with Crippen molar-refractivity contribution in [2.24, 2.45) is 5.92 Å². The summed E-state index contributed by atoms with van der Waals surface area (Å²) in [7, 11) is 0. The smallest absolute Gasteiger partial charge is 0.312 e. The lowest BCUT2D eigenvalue weighted by Gasteiger charge is -2.14. The molecule has 0 unspecified atom stereocenters. The minimum atomic E-state index is -0.813. The lowest BCUT2D eigenvalue weighted by atomic mass is 10.1. The molecule has 104 valence electrons. The summed E-state index contributed by atoms with van der Waals surface area (Å²) in [5, 5.41) is 20.8. The zero-order chi connectivity index (χ0) is 14.0. The Hall–Kier alpha value is -1.14. The summed E-state index contributed by atoms with van der Waals surface area (Å²) in [6.45, 7) is 2.02. The van der Waals surface area contributed by atoms with Gasteiger partial charge in [-0.25, -0.2) is 0 Å². The summed E-state index contributed by atoms with van der Waals surface area (Å²) < 4.78 is 6.13. The first-order valence-corrected chi connectivity index (χ1v) is 7.07. The number of hydrogen-bond donors (Lipinski definition) is 1. The molecule has 19 heavy (non-hydrogen) atoms. The monoisotopic (exact) mass is 329 g/mol. The van der Waals surface area contributed by atoms with Gasteiger partial charge in [0.05, 0.1) is 17.6 Å². The molecule has 0 radical (unpaired) electrons. The van der Waals surface area contributed by atoms with Gasteiger partial charge in [-0.15, -0.1) is 0 Å². The minimum Gasteiger partial charge on any atom is -0.487 e. The van der Waals surface area contributed by atoms with Crippen LogP contribution in [0.5, 0.6) is 5.75 Å². The molecular weight excluding hydrogens is 314 g/mol. The maximum atomic E-state index is 11.1. The van der Waals surface area contributed by atoms with Crippen LogP contribution in [0.3, 0.4) is 0 Å². The van der Waals surface area contributed by atoms with Crippen molar-refractivity contribution in [3.8, 4) is 5.75 Å². The lowest BCUT2D eigenvalue weighted by Crippen LogP contribution is -2.06. The van der Waals surface area contributed by atoms with Crippen molar-refractivity contribution in [1.29, 1.82) is 0 Å². The molecule has 0 aromatic heterocycles. The van der Waals surface area contributed by atoms with Crippen LogP contribution in [0.1, 0.15) is 37.9 Å². The Balaban J connectivity index is 2.26. The Morgan fingerprint density at radius 2 is 2.26 bits per heavy atom. The molecule has 1 atom stereocenters. The molecular formula is C13H16BrNO4. The van der Waals surface area contributed by atoms with E-state index in [1.807, 2.05) is 0 Å². The average Bonchev–Trinajstić information content (AvgIpc) is 3.13. The topological polar surface area (TPSA) is 72.6 Å². The van der Waals surface area contributed by atoms with Crippen molar-refractivity contribution in [2.75, 3.05) is 6.61 Å². The number of aliphatic hydroxyl groups is 1. The normalized spacial score (nSPS) is 16.2.